The van der Waals surface area contributed by atoms with Crippen LogP contribution in [-0.2, 0) is 0 Å². The Morgan fingerprint density at radius 1 is 1.21 bits per heavy atom. The maximum absolute atomic E-state index is 12.8. The van der Waals surface area contributed by atoms with Gasteiger partial charge < -0.3 is 10.2 Å². The fourth-order valence-corrected chi connectivity index (χ4v) is 2.11. The van der Waals surface area contributed by atoms with Crippen LogP contribution in [-0.4, -0.2) is 26.2 Å². The van der Waals surface area contributed by atoms with Crippen molar-refractivity contribution in [3.63, 3.8) is 0 Å². The van der Waals surface area contributed by atoms with Crippen LogP contribution in [0.4, 0.5) is 10.1 Å². The van der Waals surface area contributed by atoms with Crippen LogP contribution >= 0.6 is 0 Å². The van der Waals surface area contributed by atoms with Crippen LogP contribution in [0.1, 0.15) is 39.5 Å². The van der Waals surface area contributed by atoms with Gasteiger partial charge in [0.25, 0.3) is 0 Å². The van der Waals surface area contributed by atoms with Gasteiger partial charge in [0.1, 0.15) is 5.82 Å². The molecular formula is C16H27FN2. The predicted molar refractivity (Wildman–Crippen MR) is 81.3 cm³/mol. The average Bonchev–Trinajstić information content (AvgIpc) is 2.39. The summed E-state index contributed by atoms with van der Waals surface area (Å²) in [5.74, 6) is -0.181. The quantitative estimate of drug-likeness (QED) is 0.684. The van der Waals surface area contributed by atoms with E-state index in [9.17, 15) is 4.39 Å². The molecule has 1 unspecified atom stereocenters. The maximum atomic E-state index is 12.8. The van der Waals surface area contributed by atoms with E-state index in [1.165, 1.54) is 37.8 Å². The first-order valence-corrected chi connectivity index (χ1v) is 7.33. The van der Waals surface area contributed by atoms with Crippen LogP contribution in [0.15, 0.2) is 24.3 Å². The van der Waals surface area contributed by atoms with E-state index < -0.39 is 0 Å². The molecule has 0 spiro atoms. The zero-order chi connectivity index (χ0) is 14.1. The normalized spacial score (nSPS) is 12.4. The van der Waals surface area contributed by atoms with Crippen molar-refractivity contribution < 1.29 is 4.39 Å². The molecule has 0 saturated carbocycles. The lowest BCUT2D eigenvalue weighted by atomic mass is 10.1. The predicted octanol–water partition coefficient (Wildman–Crippen LogP) is 3.82. The number of benzene rings is 1. The average molecular weight is 266 g/mol. The fraction of sp³-hybridized carbons (Fsp3) is 0.625. The molecule has 1 aromatic rings. The van der Waals surface area contributed by atoms with Gasteiger partial charge in [0.05, 0.1) is 0 Å². The van der Waals surface area contributed by atoms with Crippen LogP contribution in [0.2, 0.25) is 0 Å². The Bertz CT molecular complexity index is 337. The Morgan fingerprint density at radius 3 is 2.53 bits per heavy atom. The number of hydrogen-bond acceptors (Lipinski definition) is 2. The minimum absolute atomic E-state index is 0.181. The van der Waals surface area contributed by atoms with E-state index in [0.29, 0.717) is 6.04 Å². The molecule has 0 amide bonds. The smallest absolute Gasteiger partial charge is 0.123 e. The molecule has 0 radical (unpaired) electrons. The van der Waals surface area contributed by atoms with E-state index in [0.717, 1.165) is 18.8 Å². The number of halogens is 1. The summed E-state index contributed by atoms with van der Waals surface area (Å²) in [5.41, 5.74) is 1.06. The van der Waals surface area contributed by atoms with Crippen molar-refractivity contribution >= 4 is 5.69 Å². The summed E-state index contributed by atoms with van der Waals surface area (Å²) in [7, 11) is 2.04. The molecule has 1 aromatic carbocycles. The monoisotopic (exact) mass is 266 g/mol. The Hall–Kier alpha value is -1.09. The fourth-order valence-electron chi connectivity index (χ4n) is 2.11. The second-order valence-corrected chi connectivity index (χ2v) is 5.25. The van der Waals surface area contributed by atoms with E-state index in [-0.39, 0.29) is 5.82 Å². The molecule has 0 saturated heterocycles. The number of hydrogen-bond donors (Lipinski definition) is 1. The number of rotatable bonds is 9. The van der Waals surface area contributed by atoms with E-state index in [2.05, 4.69) is 24.1 Å². The molecule has 19 heavy (non-hydrogen) atoms. The van der Waals surface area contributed by atoms with Crippen LogP contribution in [0.25, 0.3) is 0 Å². The van der Waals surface area contributed by atoms with Crippen molar-refractivity contribution in [3.8, 4) is 0 Å². The van der Waals surface area contributed by atoms with Crippen molar-refractivity contribution in [3.05, 3.63) is 30.1 Å². The van der Waals surface area contributed by atoms with E-state index >= 15 is 0 Å². The summed E-state index contributed by atoms with van der Waals surface area (Å²) in [5, 5.41) is 3.54. The zero-order valence-corrected chi connectivity index (χ0v) is 12.5. The summed E-state index contributed by atoms with van der Waals surface area (Å²) in [6.45, 7) is 6.37. The van der Waals surface area contributed by atoms with Crippen molar-refractivity contribution in [2.75, 3.05) is 25.0 Å². The Labute approximate surface area is 117 Å². The van der Waals surface area contributed by atoms with Gasteiger partial charge in [0.2, 0.25) is 0 Å². The highest BCUT2D eigenvalue weighted by atomic mass is 19.1. The Morgan fingerprint density at radius 2 is 1.89 bits per heavy atom. The molecule has 1 N–H and O–H groups in total. The van der Waals surface area contributed by atoms with Crippen molar-refractivity contribution in [2.24, 2.45) is 0 Å². The lowest BCUT2D eigenvalue weighted by Crippen LogP contribution is -2.34. The third-order valence-electron chi connectivity index (χ3n) is 3.45. The van der Waals surface area contributed by atoms with Crippen molar-refractivity contribution in [2.45, 2.75) is 45.6 Å². The van der Waals surface area contributed by atoms with Crippen molar-refractivity contribution in [1.29, 1.82) is 0 Å². The number of unbranched alkanes of at least 4 members (excludes halogenated alkanes) is 2. The van der Waals surface area contributed by atoms with Gasteiger partial charge in [-0.1, -0.05) is 26.2 Å². The second-order valence-electron chi connectivity index (χ2n) is 5.25. The molecule has 108 valence electrons. The molecule has 1 atom stereocenters. The van der Waals surface area contributed by atoms with Crippen LogP contribution < -0.4 is 10.2 Å². The van der Waals surface area contributed by atoms with Gasteiger partial charge in [-0.2, -0.15) is 0 Å². The largest absolute Gasteiger partial charge is 0.373 e. The number of nitrogens with zero attached hydrogens (tertiary/aromatic N) is 1. The summed E-state index contributed by atoms with van der Waals surface area (Å²) in [4.78, 5) is 2.14. The van der Waals surface area contributed by atoms with Gasteiger partial charge in [-0.05, 0) is 37.6 Å². The Balaban J connectivity index is 2.19. The van der Waals surface area contributed by atoms with Crippen LogP contribution in [0, 0.1) is 5.82 Å². The minimum atomic E-state index is -0.181. The van der Waals surface area contributed by atoms with Gasteiger partial charge >= 0.3 is 0 Å². The maximum Gasteiger partial charge on any atom is 0.123 e. The highest BCUT2D eigenvalue weighted by Gasteiger charge is 2.03. The zero-order valence-electron chi connectivity index (χ0n) is 12.5. The SMILES string of the molecule is CCCCCC(C)NCCN(C)c1ccc(F)cc1. The lowest BCUT2D eigenvalue weighted by molar-refractivity contribution is 0.491. The molecule has 0 aliphatic heterocycles. The number of likely N-dealkylation sites (N-methyl/N-ethyl adjacent to an activating group) is 1. The molecule has 0 aromatic heterocycles. The molecule has 1 rings (SSSR count). The summed E-state index contributed by atoms with van der Waals surface area (Å²) in [6.07, 6.45) is 5.15. The summed E-state index contributed by atoms with van der Waals surface area (Å²) in [6, 6.07) is 7.23. The molecule has 0 aliphatic rings. The molecule has 0 fully saturated rings. The lowest BCUT2D eigenvalue weighted by Gasteiger charge is -2.21. The van der Waals surface area contributed by atoms with E-state index in [1.807, 2.05) is 19.2 Å². The van der Waals surface area contributed by atoms with Crippen LogP contribution in [0.3, 0.4) is 0 Å². The molecule has 2 nitrogen and oxygen atoms in total. The molecule has 0 heterocycles. The Kier molecular flexibility index (Phi) is 7.49. The number of anilines is 1. The van der Waals surface area contributed by atoms with Gasteiger partial charge in [-0.3, -0.25) is 0 Å². The van der Waals surface area contributed by atoms with Crippen molar-refractivity contribution in [1.82, 2.24) is 5.32 Å². The van der Waals surface area contributed by atoms with Gasteiger partial charge in [0, 0.05) is 31.9 Å². The topological polar surface area (TPSA) is 15.3 Å². The highest BCUT2D eigenvalue weighted by molar-refractivity contribution is 5.45. The first-order valence-electron chi connectivity index (χ1n) is 7.33. The summed E-state index contributed by atoms with van der Waals surface area (Å²) >= 11 is 0. The molecular weight excluding hydrogens is 239 g/mol. The van der Waals surface area contributed by atoms with Gasteiger partial charge in [-0.15, -0.1) is 0 Å². The second kappa shape index (κ2) is 8.92. The molecule has 0 bridgehead atoms. The summed E-state index contributed by atoms with van der Waals surface area (Å²) < 4.78 is 12.8. The number of nitrogens with one attached hydrogen (secondary N) is 1. The van der Waals surface area contributed by atoms with Crippen LogP contribution in [0.5, 0.6) is 0 Å². The molecule has 3 heteroatoms. The highest BCUT2D eigenvalue weighted by Crippen LogP contribution is 2.12. The third-order valence-corrected chi connectivity index (χ3v) is 3.45. The van der Waals surface area contributed by atoms with Gasteiger partial charge in [-0.25, -0.2) is 4.39 Å². The first-order chi connectivity index (χ1) is 9.13. The van der Waals surface area contributed by atoms with E-state index in [4.69, 9.17) is 0 Å². The third kappa shape index (κ3) is 6.58. The van der Waals surface area contributed by atoms with Gasteiger partial charge in [0.15, 0.2) is 0 Å². The standard InChI is InChI=1S/C16H27FN2/c1-4-5-6-7-14(2)18-12-13-19(3)16-10-8-15(17)9-11-16/h8-11,14,18H,4-7,12-13H2,1-3H3. The van der Waals surface area contributed by atoms with E-state index in [1.54, 1.807) is 0 Å². The minimum Gasteiger partial charge on any atom is -0.373 e. The molecule has 0 aliphatic carbocycles. The first kappa shape index (κ1) is 16.0.